The molecule has 3 aromatic rings. The molecular formula is C23H23N5O3. The van der Waals surface area contributed by atoms with E-state index in [2.05, 4.69) is 4.98 Å². The molecule has 0 atom stereocenters. The van der Waals surface area contributed by atoms with Crippen molar-refractivity contribution in [2.24, 2.45) is 11.5 Å². The van der Waals surface area contributed by atoms with Gasteiger partial charge in [-0.2, -0.15) is 0 Å². The van der Waals surface area contributed by atoms with Crippen LogP contribution in [-0.2, 0) is 13.2 Å². The average Bonchev–Trinajstić information content (AvgIpc) is 2.77. The fraction of sp³-hybridized carbons (Fsp3) is 0.130. The van der Waals surface area contributed by atoms with Gasteiger partial charge in [-0.3, -0.25) is 20.6 Å². The summed E-state index contributed by atoms with van der Waals surface area (Å²) in [5.41, 5.74) is 14.6. The summed E-state index contributed by atoms with van der Waals surface area (Å²) in [5.74, 6) is 0.962. The Balaban J connectivity index is 1.74. The Morgan fingerprint density at radius 2 is 1.52 bits per heavy atom. The van der Waals surface area contributed by atoms with Gasteiger partial charge in [0.15, 0.2) is 12.0 Å². The topological polar surface area (TPSA) is 148 Å². The van der Waals surface area contributed by atoms with Crippen LogP contribution < -0.4 is 20.9 Å². The first-order valence-corrected chi connectivity index (χ1v) is 9.46. The summed E-state index contributed by atoms with van der Waals surface area (Å²) < 4.78 is 11.7. The SMILES string of the molecule is Cc1ncc(COc2ccc(C(=N)N)cc2)c(C=O)c1OCc1ccc(C(=N)N)cc1. The Morgan fingerprint density at radius 3 is 2.06 bits per heavy atom. The number of hydrogen-bond donors (Lipinski definition) is 4. The van der Waals surface area contributed by atoms with E-state index in [1.54, 1.807) is 49.5 Å². The molecule has 6 N–H and O–H groups in total. The van der Waals surface area contributed by atoms with E-state index in [1.165, 1.54) is 0 Å². The van der Waals surface area contributed by atoms with Gasteiger partial charge in [0.05, 0.1) is 11.3 Å². The number of aldehydes is 1. The highest BCUT2D eigenvalue weighted by Crippen LogP contribution is 2.26. The van der Waals surface area contributed by atoms with Crippen molar-refractivity contribution < 1.29 is 14.3 Å². The molecule has 0 spiro atoms. The van der Waals surface area contributed by atoms with Crippen molar-refractivity contribution in [3.8, 4) is 11.5 Å². The van der Waals surface area contributed by atoms with Crippen molar-refractivity contribution in [2.75, 3.05) is 0 Å². The Hall–Kier alpha value is -4.20. The molecule has 31 heavy (non-hydrogen) atoms. The van der Waals surface area contributed by atoms with Gasteiger partial charge >= 0.3 is 0 Å². The van der Waals surface area contributed by atoms with Crippen molar-refractivity contribution >= 4 is 18.0 Å². The van der Waals surface area contributed by atoms with E-state index in [0.29, 0.717) is 39.4 Å². The number of amidine groups is 2. The molecule has 0 saturated carbocycles. The van der Waals surface area contributed by atoms with E-state index in [0.717, 1.165) is 11.8 Å². The minimum atomic E-state index is -0.0183. The third kappa shape index (κ3) is 5.24. The summed E-state index contributed by atoms with van der Waals surface area (Å²) >= 11 is 0. The number of carbonyl (C=O) groups excluding carboxylic acids is 1. The zero-order chi connectivity index (χ0) is 22.4. The molecule has 0 radical (unpaired) electrons. The van der Waals surface area contributed by atoms with Gasteiger partial charge in [0, 0.05) is 22.9 Å². The van der Waals surface area contributed by atoms with Gasteiger partial charge in [0.2, 0.25) is 0 Å². The highest BCUT2D eigenvalue weighted by Gasteiger charge is 2.15. The number of aromatic nitrogens is 1. The lowest BCUT2D eigenvalue weighted by atomic mass is 10.1. The second kappa shape index (κ2) is 9.53. The van der Waals surface area contributed by atoms with E-state index in [4.69, 9.17) is 31.8 Å². The van der Waals surface area contributed by atoms with Crippen LogP contribution >= 0.6 is 0 Å². The van der Waals surface area contributed by atoms with Crippen molar-refractivity contribution in [3.05, 3.63) is 88.2 Å². The Morgan fingerprint density at radius 1 is 0.935 bits per heavy atom. The zero-order valence-corrected chi connectivity index (χ0v) is 17.0. The number of nitrogens with zero attached hydrogens (tertiary/aromatic N) is 1. The molecule has 158 valence electrons. The number of nitrogens with one attached hydrogen (secondary N) is 2. The molecule has 0 amide bonds. The van der Waals surface area contributed by atoms with Crippen molar-refractivity contribution in [1.29, 1.82) is 10.8 Å². The second-order valence-electron chi connectivity index (χ2n) is 6.86. The van der Waals surface area contributed by atoms with Crippen LogP contribution in [-0.4, -0.2) is 22.9 Å². The number of hydrogen-bond acceptors (Lipinski definition) is 6. The maximum absolute atomic E-state index is 11.8. The molecule has 1 heterocycles. The highest BCUT2D eigenvalue weighted by molar-refractivity contribution is 5.95. The molecule has 0 saturated heterocycles. The smallest absolute Gasteiger partial charge is 0.154 e. The van der Waals surface area contributed by atoms with E-state index in [-0.39, 0.29) is 24.9 Å². The lowest BCUT2D eigenvalue weighted by Gasteiger charge is -2.15. The van der Waals surface area contributed by atoms with Gasteiger partial charge < -0.3 is 20.9 Å². The largest absolute Gasteiger partial charge is 0.489 e. The lowest BCUT2D eigenvalue weighted by Crippen LogP contribution is -2.11. The first kappa shape index (κ1) is 21.5. The van der Waals surface area contributed by atoms with Crippen molar-refractivity contribution in [2.45, 2.75) is 20.1 Å². The predicted molar refractivity (Wildman–Crippen MR) is 118 cm³/mol. The standard InChI is InChI=1S/C23H23N5O3/c1-14-21(31-12-15-2-4-16(5-3-15)22(24)25)20(11-29)18(10-28-14)13-30-19-8-6-17(7-9-19)23(26)27/h2-11H,12-13H2,1H3,(H3,24,25)(H3,26,27). The van der Waals surface area contributed by atoms with Crippen LogP contribution in [0.1, 0.15) is 38.3 Å². The summed E-state index contributed by atoms with van der Waals surface area (Å²) in [4.78, 5) is 16.2. The molecule has 0 fully saturated rings. The van der Waals surface area contributed by atoms with E-state index in [1.807, 2.05) is 12.1 Å². The lowest BCUT2D eigenvalue weighted by molar-refractivity contribution is 0.111. The van der Waals surface area contributed by atoms with Gasteiger partial charge in [-0.05, 0) is 36.8 Å². The molecule has 3 rings (SSSR count). The van der Waals surface area contributed by atoms with E-state index >= 15 is 0 Å². The Bertz CT molecular complexity index is 1110. The molecule has 8 heteroatoms. The maximum Gasteiger partial charge on any atom is 0.154 e. The van der Waals surface area contributed by atoms with Gasteiger partial charge in [0.25, 0.3) is 0 Å². The third-order valence-corrected chi connectivity index (χ3v) is 4.66. The van der Waals surface area contributed by atoms with Gasteiger partial charge in [-0.1, -0.05) is 24.3 Å². The fourth-order valence-electron chi connectivity index (χ4n) is 2.90. The predicted octanol–water partition coefficient (Wildman–Crippen LogP) is 2.93. The van der Waals surface area contributed by atoms with Crippen LogP contribution in [0.25, 0.3) is 0 Å². The second-order valence-corrected chi connectivity index (χ2v) is 6.86. The number of ether oxygens (including phenoxy) is 2. The monoisotopic (exact) mass is 417 g/mol. The van der Waals surface area contributed by atoms with Crippen LogP contribution in [0.3, 0.4) is 0 Å². The average molecular weight is 417 g/mol. The number of rotatable bonds is 9. The zero-order valence-electron chi connectivity index (χ0n) is 17.0. The first-order chi connectivity index (χ1) is 14.9. The first-order valence-electron chi connectivity index (χ1n) is 9.46. The normalized spacial score (nSPS) is 10.4. The number of benzene rings is 2. The molecule has 0 aliphatic carbocycles. The van der Waals surface area contributed by atoms with Crippen LogP contribution in [0, 0.1) is 17.7 Å². The molecule has 0 aliphatic heterocycles. The highest BCUT2D eigenvalue weighted by atomic mass is 16.5. The van der Waals surface area contributed by atoms with Crippen LogP contribution in [0.2, 0.25) is 0 Å². The van der Waals surface area contributed by atoms with E-state index < -0.39 is 0 Å². The van der Waals surface area contributed by atoms with Gasteiger partial charge in [-0.25, -0.2) is 0 Å². The van der Waals surface area contributed by atoms with Crippen LogP contribution in [0.4, 0.5) is 0 Å². The number of nitrogen functional groups attached to an aromatic ring is 2. The molecule has 0 bridgehead atoms. The molecule has 0 unspecified atom stereocenters. The summed E-state index contributed by atoms with van der Waals surface area (Å²) in [6.45, 7) is 2.13. The van der Waals surface area contributed by atoms with Gasteiger partial charge in [-0.15, -0.1) is 0 Å². The number of aryl methyl sites for hydroxylation is 1. The minimum absolute atomic E-state index is 0.000566. The molecular weight excluding hydrogens is 394 g/mol. The van der Waals surface area contributed by atoms with Crippen molar-refractivity contribution in [1.82, 2.24) is 4.98 Å². The van der Waals surface area contributed by atoms with Gasteiger partial charge in [0.1, 0.15) is 30.6 Å². The Kier molecular flexibility index (Phi) is 6.61. The molecule has 0 aliphatic rings. The maximum atomic E-state index is 11.8. The van der Waals surface area contributed by atoms with Crippen molar-refractivity contribution in [3.63, 3.8) is 0 Å². The third-order valence-electron chi connectivity index (χ3n) is 4.66. The minimum Gasteiger partial charge on any atom is -0.489 e. The number of nitrogens with two attached hydrogens (primary N) is 2. The summed E-state index contributed by atoms with van der Waals surface area (Å²) in [6, 6.07) is 13.9. The Labute approximate surface area is 179 Å². The number of carbonyl (C=O) groups is 1. The summed E-state index contributed by atoms with van der Waals surface area (Å²) in [5, 5.41) is 14.9. The molecule has 8 nitrogen and oxygen atoms in total. The summed E-state index contributed by atoms with van der Waals surface area (Å²) in [6.07, 6.45) is 2.33. The van der Waals surface area contributed by atoms with Crippen LogP contribution in [0.15, 0.2) is 54.7 Å². The number of pyridine rings is 1. The fourth-order valence-corrected chi connectivity index (χ4v) is 2.90. The summed E-state index contributed by atoms with van der Waals surface area (Å²) in [7, 11) is 0. The van der Waals surface area contributed by atoms with Crippen LogP contribution in [0.5, 0.6) is 11.5 Å². The quantitative estimate of drug-likeness (QED) is 0.239. The molecule has 2 aromatic carbocycles. The van der Waals surface area contributed by atoms with E-state index in [9.17, 15) is 4.79 Å². The molecule has 1 aromatic heterocycles.